The largest absolute Gasteiger partial charge is 0.416 e. The van der Waals surface area contributed by atoms with Gasteiger partial charge in [0.25, 0.3) is 0 Å². The van der Waals surface area contributed by atoms with E-state index in [1.165, 1.54) is 12.1 Å². The summed E-state index contributed by atoms with van der Waals surface area (Å²) in [5.74, 6) is -0.0758. The molecule has 0 bridgehead atoms. The molecule has 0 aliphatic heterocycles. The Bertz CT molecular complexity index is 740. The summed E-state index contributed by atoms with van der Waals surface area (Å²) in [5.41, 5.74) is 0.913. The first-order valence-corrected chi connectivity index (χ1v) is 8.56. The van der Waals surface area contributed by atoms with Gasteiger partial charge in [-0.15, -0.1) is 0 Å². The molecule has 1 aliphatic carbocycles. The maximum absolute atomic E-state index is 12.7. The molecular weight excluding hydrogens is 341 g/mol. The van der Waals surface area contributed by atoms with Crippen molar-refractivity contribution in [1.82, 2.24) is 10.2 Å². The first-order valence-electron chi connectivity index (χ1n) is 8.56. The van der Waals surface area contributed by atoms with Gasteiger partial charge in [0.1, 0.15) is 6.04 Å². The Morgan fingerprint density at radius 3 is 2.27 bits per heavy atom. The average molecular weight is 362 g/mol. The van der Waals surface area contributed by atoms with E-state index in [-0.39, 0.29) is 11.9 Å². The molecule has 3 nitrogen and oxygen atoms in total. The van der Waals surface area contributed by atoms with Gasteiger partial charge in [0, 0.05) is 12.6 Å². The second-order valence-corrected chi connectivity index (χ2v) is 6.71. The second-order valence-electron chi connectivity index (χ2n) is 6.71. The molecule has 6 heteroatoms. The number of nitrogens with zero attached hydrogens (tertiary/aromatic N) is 1. The number of nitrogens with one attached hydrogen (secondary N) is 1. The van der Waals surface area contributed by atoms with Gasteiger partial charge < -0.3 is 5.32 Å². The maximum atomic E-state index is 12.7. The normalized spacial score (nSPS) is 15.7. The quantitative estimate of drug-likeness (QED) is 0.837. The van der Waals surface area contributed by atoms with E-state index in [1.54, 1.807) is 0 Å². The number of carbonyl (C=O) groups excluding carboxylic acids is 1. The van der Waals surface area contributed by atoms with Gasteiger partial charge in [-0.2, -0.15) is 13.2 Å². The van der Waals surface area contributed by atoms with Gasteiger partial charge in [0.15, 0.2) is 0 Å². The Hall–Kier alpha value is -2.34. The lowest BCUT2D eigenvalue weighted by Gasteiger charge is -2.28. The lowest BCUT2D eigenvalue weighted by atomic mass is 10.0. The summed E-state index contributed by atoms with van der Waals surface area (Å²) in [4.78, 5) is 14.6. The molecule has 138 valence electrons. The van der Waals surface area contributed by atoms with Crippen LogP contribution in [0.25, 0.3) is 0 Å². The number of hydrogen-bond acceptors (Lipinski definition) is 2. The molecule has 0 unspecified atom stereocenters. The van der Waals surface area contributed by atoms with Crippen molar-refractivity contribution in [3.63, 3.8) is 0 Å². The summed E-state index contributed by atoms with van der Waals surface area (Å²) < 4.78 is 38.1. The van der Waals surface area contributed by atoms with Crippen LogP contribution < -0.4 is 5.32 Å². The number of likely N-dealkylation sites (N-methyl/N-ethyl adjacent to an activating group) is 1. The maximum Gasteiger partial charge on any atom is 0.416 e. The molecule has 26 heavy (non-hydrogen) atoms. The third-order valence-corrected chi connectivity index (χ3v) is 4.44. The monoisotopic (exact) mass is 362 g/mol. The predicted octanol–water partition coefficient (Wildman–Crippen LogP) is 4.16. The highest BCUT2D eigenvalue weighted by Gasteiger charge is 2.32. The fraction of sp³-hybridized carbons (Fsp3) is 0.350. The zero-order valence-corrected chi connectivity index (χ0v) is 14.5. The number of benzene rings is 2. The molecule has 1 fully saturated rings. The van der Waals surface area contributed by atoms with Crippen LogP contribution in [0.2, 0.25) is 0 Å². The summed E-state index contributed by atoms with van der Waals surface area (Å²) in [7, 11) is 1.81. The van der Waals surface area contributed by atoms with Gasteiger partial charge in [-0.25, -0.2) is 0 Å². The van der Waals surface area contributed by atoms with E-state index in [0.717, 1.165) is 36.1 Å². The van der Waals surface area contributed by atoms with Gasteiger partial charge in [-0.3, -0.25) is 9.69 Å². The first kappa shape index (κ1) is 18.5. The Morgan fingerprint density at radius 2 is 1.73 bits per heavy atom. The van der Waals surface area contributed by atoms with E-state index < -0.39 is 17.8 Å². The molecule has 2 aromatic carbocycles. The minimum atomic E-state index is -4.35. The lowest BCUT2D eigenvalue weighted by molar-refractivity contribution is -0.137. The number of carbonyl (C=O) groups is 1. The summed E-state index contributed by atoms with van der Waals surface area (Å²) in [6.45, 7) is 0.371. The van der Waals surface area contributed by atoms with Crippen molar-refractivity contribution in [1.29, 1.82) is 0 Å². The molecule has 0 saturated heterocycles. The van der Waals surface area contributed by atoms with Crippen molar-refractivity contribution < 1.29 is 18.0 Å². The van der Waals surface area contributed by atoms with Crippen molar-refractivity contribution in [2.24, 2.45) is 0 Å². The molecule has 0 spiro atoms. The van der Waals surface area contributed by atoms with Crippen LogP contribution in [-0.2, 0) is 17.5 Å². The Labute approximate surface area is 150 Å². The zero-order valence-electron chi connectivity index (χ0n) is 14.5. The molecule has 3 rings (SSSR count). The average Bonchev–Trinajstić information content (AvgIpc) is 3.39. The molecule has 2 aromatic rings. The van der Waals surface area contributed by atoms with E-state index in [4.69, 9.17) is 0 Å². The smallest absolute Gasteiger partial charge is 0.352 e. The number of hydrogen-bond donors (Lipinski definition) is 1. The molecule has 1 aliphatic rings. The minimum Gasteiger partial charge on any atom is -0.352 e. The van der Waals surface area contributed by atoms with Gasteiger partial charge >= 0.3 is 6.18 Å². The number of halogens is 3. The van der Waals surface area contributed by atoms with Crippen LogP contribution in [0.5, 0.6) is 0 Å². The van der Waals surface area contributed by atoms with Crippen LogP contribution in [0.3, 0.4) is 0 Å². The highest BCUT2D eigenvalue weighted by Crippen LogP contribution is 2.30. The summed E-state index contributed by atoms with van der Waals surface area (Å²) >= 11 is 0. The Morgan fingerprint density at radius 1 is 1.12 bits per heavy atom. The molecule has 1 amide bonds. The first-order chi connectivity index (χ1) is 12.3. The molecule has 1 N–H and O–H groups in total. The van der Waals surface area contributed by atoms with E-state index in [2.05, 4.69) is 5.32 Å². The van der Waals surface area contributed by atoms with Crippen LogP contribution in [0, 0.1) is 0 Å². The van der Waals surface area contributed by atoms with Crippen molar-refractivity contribution in [3.8, 4) is 0 Å². The van der Waals surface area contributed by atoms with Gasteiger partial charge in [0.05, 0.1) is 5.56 Å². The molecule has 1 saturated carbocycles. The van der Waals surface area contributed by atoms with Gasteiger partial charge in [-0.05, 0) is 43.1 Å². The van der Waals surface area contributed by atoms with E-state index in [0.29, 0.717) is 6.54 Å². The molecule has 0 radical (unpaired) electrons. The number of rotatable bonds is 6. The molecule has 0 heterocycles. The molecule has 0 aromatic heterocycles. The van der Waals surface area contributed by atoms with Crippen LogP contribution >= 0.6 is 0 Å². The van der Waals surface area contributed by atoms with E-state index in [1.807, 2.05) is 42.3 Å². The standard InChI is InChI=1S/C20H21F3N2O/c1-25(13-14-7-9-16(10-8-14)20(21,22)23)18(15-5-3-2-4-6-15)19(26)24-17-11-12-17/h2-10,17-18H,11-13H2,1H3,(H,24,26)/t18-/m0/s1. The van der Waals surface area contributed by atoms with Crippen molar-refractivity contribution in [2.75, 3.05) is 7.05 Å². The van der Waals surface area contributed by atoms with Crippen molar-refractivity contribution in [3.05, 3.63) is 71.3 Å². The highest BCUT2D eigenvalue weighted by molar-refractivity contribution is 5.83. The second kappa shape index (κ2) is 7.50. The minimum absolute atomic E-state index is 0.0758. The van der Waals surface area contributed by atoms with Crippen LogP contribution in [-0.4, -0.2) is 23.9 Å². The van der Waals surface area contributed by atoms with Gasteiger partial charge in [0.2, 0.25) is 5.91 Å². The topological polar surface area (TPSA) is 32.3 Å². The summed E-state index contributed by atoms with van der Waals surface area (Å²) in [6, 6.07) is 14.2. The Balaban J connectivity index is 1.76. The predicted molar refractivity (Wildman–Crippen MR) is 93.3 cm³/mol. The number of amides is 1. The third-order valence-electron chi connectivity index (χ3n) is 4.44. The number of alkyl halides is 3. The van der Waals surface area contributed by atoms with Crippen LogP contribution in [0.15, 0.2) is 54.6 Å². The molecule has 1 atom stereocenters. The molecular formula is C20H21F3N2O. The van der Waals surface area contributed by atoms with Gasteiger partial charge in [-0.1, -0.05) is 42.5 Å². The van der Waals surface area contributed by atoms with Crippen molar-refractivity contribution in [2.45, 2.75) is 37.6 Å². The van der Waals surface area contributed by atoms with E-state index >= 15 is 0 Å². The highest BCUT2D eigenvalue weighted by atomic mass is 19.4. The van der Waals surface area contributed by atoms with Crippen LogP contribution in [0.4, 0.5) is 13.2 Å². The fourth-order valence-corrected chi connectivity index (χ4v) is 2.93. The summed E-state index contributed by atoms with van der Waals surface area (Å²) in [6.07, 6.45) is -2.35. The third kappa shape index (κ3) is 4.64. The lowest BCUT2D eigenvalue weighted by Crippen LogP contribution is -2.39. The SMILES string of the molecule is CN(Cc1ccc(C(F)(F)F)cc1)[C@H](C(=O)NC1CC1)c1ccccc1. The van der Waals surface area contributed by atoms with Crippen molar-refractivity contribution >= 4 is 5.91 Å². The summed E-state index contributed by atoms with van der Waals surface area (Å²) in [5, 5.41) is 3.02. The Kier molecular flexibility index (Phi) is 5.32. The van der Waals surface area contributed by atoms with E-state index in [9.17, 15) is 18.0 Å². The zero-order chi connectivity index (χ0) is 18.7. The van der Waals surface area contributed by atoms with Crippen LogP contribution in [0.1, 0.15) is 35.6 Å². The fourth-order valence-electron chi connectivity index (χ4n) is 2.93.